The molecule has 0 spiro atoms. The van der Waals surface area contributed by atoms with Gasteiger partial charge in [-0.15, -0.1) is 0 Å². The maximum Gasteiger partial charge on any atom is 0.317 e. The first-order chi connectivity index (χ1) is 58.9. The van der Waals surface area contributed by atoms with E-state index in [2.05, 4.69) is 139 Å². The molecular weight excluding hydrogens is 1490 g/mol. The molecule has 19 heteroatoms. The van der Waals surface area contributed by atoms with Crippen molar-refractivity contribution in [2.45, 2.75) is 386 Å². The second-order valence-electron chi connectivity index (χ2n) is 42.0. The number of carbonyl (C=O) groups is 2. The van der Waals surface area contributed by atoms with E-state index < -0.39 is 11.9 Å². The number of likely N-dealkylation sites (tertiary alicyclic amines) is 2. The van der Waals surface area contributed by atoms with Gasteiger partial charge in [-0.2, -0.15) is 0 Å². The quantitative estimate of drug-likeness (QED) is 0.0782. The van der Waals surface area contributed by atoms with Crippen LogP contribution in [0.2, 0.25) is 0 Å². The third-order valence-electron chi connectivity index (χ3n) is 34.5. The number of carboxylic acid groups (broad SMARTS) is 2. The van der Waals surface area contributed by atoms with Gasteiger partial charge in [0.05, 0.1) is 65.8 Å². The highest BCUT2D eigenvalue weighted by Gasteiger charge is 2.50. The molecule has 650 valence electrons. The number of ether oxygens (including phenoxy) is 1. The first kappa shape index (κ1) is 82.2. The standard InChI is InChI=1S/C35H50N6O.2C33H48N4O2/c1-38-14-13-36-35(38)23-39-15-16-42-24-31(39)22-34-37-32-11-4-5-12-33(32)41(34)30-20-27-9-6-10-28(21-30)40(27)29-18-25-7-2-3-8-26(17-25)19-29;38-33(39)14-16-35-15-6-11-25(35)22-32-34-30-12-3-4-13-31(30)37(32)29-20-26-9-5-10-27(21-29)36(26)28-18-23-7-1-2-8-24(17-23)19-28;38-33(39)22-35-15-6-5-10-25(35)21-32-34-30-13-3-4-14-31(30)37(32)29-19-26-11-7-12-27(20-29)36(26)28-17-23-8-1-2-9-24(16-23)18-28/h4-5,11-14,25-31H,2-3,6-10,15-24H2,1H3;3-4,12-13,23-29H,1-2,5-11,14-22H2,(H,38,39);3-4,13-14,23-29H,1-2,5-12,15-22H2,(H,38,39)/t25-,26+,27-,28+,29?,30?,31-;2*23-,24+,25-,26-,27+,28?,29?/m100/s1. The van der Waals surface area contributed by atoms with Gasteiger partial charge in [0.2, 0.25) is 0 Å². The highest BCUT2D eigenvalue weighted by Crippen LogP contribution is 2.53. The Morgan fingerprint density at radius 2 is 0.742 bits per heavy atom. The maximum atomic E-state index is 11.6. The Bertz CT molecular complexity index is 4500. The van der Waals surface area contributed by atoms with Crippen LogP contribution in [0.1, 0.15) is 311 Å². The van der Waals surface area contributed by atoms with Crippen molar-refractivity contribution < 1.29 is 24.5 Å². The molecule has 3 aromatic carbocycles. The number of nitrogens with zero attached hydrogens (tertiary/aromatic N) is 14. The lowest BCUT2D eigenvalue weighted by Gasteiger charge is -2.54. The van der Waals surface area contributed by atoms with E-state index in [0.29, 0.717) is 48.8 Å². The predicted molar refractivity (Wildman–Crippen MR) is 476 cm³/mol. The van der Waals surface area contributed by atoms with Crippen molar-refractivity contribution in [3.05, 3.63) is 108 Å². The van der Waals surface area contributed by atoms with Crippen LogP contribution < -0.4 is 0 Å². The zero-order valence-corrected chi connectivity index (χ0v) is 73.1. The lowest BCUT2D eigenvalue weighted by Crippen LogP contribution is -2.58. The van der Waals surface area contributed by atoms with Gasteiger partial charge in [-0.1, -0.05) is 139 Å². The van der Waals surface area contributed by atoms with Gasteiger partial charge < -0.3 is 33.2 Å². The van der Waals surface area contributed by atoms with Crippen LogP contribution in [0, 0.1) is 35.5 Å². The number of carboxylic acids is 2. The summed E-state index contributed by atoms with van der Waals surface area (Å²) in [6.07, 6.45) is 63.6. The van der Waals surface area contributed by atoms with Gasteiger partial charge in [-0.25, -0.2) is 19.9 Å². The molecule has 15 fully saturated rings. The fourth-order valence-electron chi connectivity index (χ4n) is 29.6. The molecule has 6 saturated carbocycles. The zero-order valence-electron chi connectivity index (χ0n) is 73.1. The van der Waals surface area contributed by atoms with Crippen LogP contribution in [0.3, 0.4) is 0 Å². The fourth-order valence-corrected chi connectivity index (χ4v) is 29.6. The summed E-state index contributed by atoms with van der Waals surface area (Å²) in [6.45, 7) is 6.09. The van der Waals surface area contributed by atoms with Crippen LogP contribution in [0.25, 0.3) is 33.1 Å². The van der Waals surface area contributed by atoms with E-state index in [4.69, 9.17) is 19.7 Å². The smallest absolute Gasteiger partial charge is 0.317 e. The van der Waals surface area contributed by atoms with Gasteiger partial charge >= 0.3 is 11.9 Å². The molecule has 4 aromatic heterocycles. The van der Waals surface area contributed by atoms with E-state index in [1.54, 1.807) is 0 Å². The summed E-state index contributed by atoms with van der Waals surface area (Å²) in [5.41, 5.74) is 7.32. The van der Waals surface area contributed by atoms with Crippen LogP contribution in [0.15, 0.2) is 85.2 Å². The van der Waals surface area contributed by atoms with Crippen LogP contribution in [0.5, 0.6) is 0 Å². The van der Waals surface area contributed by atoms with E-state index in [0.717, 1.165) is 185 Å². The molecule has 6 aliphatic carbocycles. The summed E-state index contributed by atoms with van der Waals surface area (Å²) in [6, 6.07) is 35.8. The number of para-hydroxylation sites is 6. The van der Waals surface area contributed by atoms with Crippen molar-refractivity contribution in [1.82, 2.24) is 67.6 Å². The lowest BCUT2D eigenvalue weighted by atomic mass is 9.73. The average Bonchev–Trinajstić information content (AvgIpc) is 1.39. The molecule has 120 heavy (non-hydrogen) atoms. The molecule has 7 aromatic rings. The Morgan fingerprint density at radius 1 is 0.367 bits per heavy atom. The number of aliphatic carboxylic acids is 2. The van der Waals surface area contributed by atoms with Gasteiger partial charge in [-0.05, 0) is 246 Å². The van der Waals surface area contributed by atoms with Gasteiger partial charge in [0.1, 0.15) is 23.3 Å². The highest BCUT2D eigenvalue weighted by molar-refractivity contribution is 5.78. The van der Waals surface area contributed by atoms with E-state index in [9.17, 15) is 19.8 Å². The first-order valence-corrected chi connectivity index (χ1v) is 49.8. The van der Waals surface area contributed by atoms with Gasteiger partial charge in [-0.3, -0.25) is 39.0 Å². The SMILES string of the molecule is Cn1ccnc1CN1CCOC[C@H]1Cc1nc2ccccc2n1C1C[C@H]2CCC[C@@H](C1)N2C1C[C@H]2CCCC[C@@H](C1)C2.O=C(O)CCN1CCC[C@H]1Cc1nc2ccccc2n1C1C[C@H]2CCC[C@@H](C1)N2C1C[C@H]2CCCC[C@@H](C1)C2.O=C(O)CN1CCCC[C@H]1Cc1nc2ccccc2n1C1C[C@H]2CCC[C@@H](C1)N2C1C[C@H]2CCCC[C@@H](C1)C2. The van der Waals surface area contributed by atoms with E-state index in [-0.39, 0.29) is 19.0 Å². The molecule has 12 bridgehead atoms. The number of hydrogen-bond donors (Lipinski definition) is 2. The molecule has 19 nitrogen and oxygen atoms in total. The molecule has 0 amide bonds. The van der Waals surface area contributed by atoms with Crippen molar-refractivity contribution in [2.24, 2.45) is 42.6 Å². The third-order valence-corrected chi connectivity index (χ3v) is 34.5. The molecule has 9 saturated heterocycles. The van der Waals surface area contributed by atoms with Crippen LogP contribution in [-0.4, -0.2) is 208 Å². The second-order valence-corrected chi connectivity index (χ2v) is 42.0. The topological polar surface area (TPSA) is 175 Å². The molecule has 13 heterocycles. The van der Waals surface area contributed by atoms with Crippen molar-refractivity contribution in [3.63, 3.8) is 0 Å². The summed E-state index contributed by atoms with van der Waals surface area (Å²) in [7, 11) is 2.10. The predicted octanol–water partition coefficient (Wildman–Crippen LogP) is 19.0. The summed E-state index contributed by atoms with van der Waals surface area (Å²) in [5, 5.41) is 18.8. The number of fused-ring (bicyclic) bond motifs is 15. The minimum absolute atomic E-state index is 0.150. The molecule has 9 aliphatic heterocycles. The molecule has 15 aliphatic rings. The number of imidazole rings is 4. The minimum atomic E-state index is -0.710. The van der Waals surface area contributed by atoms with Crippen LogP contribution in [0.4, 0.5) is 0 Å². The van der Waals surface area contributed by atoms with E-state index in [1.807, 2.05) is 6.20 Å². The summed E-state index contributed by atoms with van der Waals surface area (Å²) >= 11 is 0. The molecule has 21 atom stereocenters. The summed E-state index contributed by atoms with van der Waals surface area (Å²) in [5.74, 6) is 9.31. The summed E-state index contributed by atoms with van der Waals surface area (Å²) in [4.78, 5) is 59.7. The van der Waals surface area contributed by atoms with Crippen LogP contribution >= 0.6 is 0 Å². The monoisotopic (exact) mass is 1640 g/mol. The minimum Gasteiger partial charge on any atom is -0.481 e. The number of hydrogen-bond acceptors (Lipinski definition) is 13. The molecule has 22 rings (SSSR count). The van der Waals surface area contributed by atoms with Crippen molar-refractivity contribution in [1.29, 1.82) is 0 Å². The second kappa shape index (κ2) is 37.2. The van der Waals surface area contributed by atoms with E-state index in [1.165, 1.54) is 272 Å². The van der Waals surface area contributed by atoms with Gasteiger partial charge in [0, 0.05) is 142 Å². The van der Waals surface area contributed by atoms with Crippen molar-refractivity contribution >= 4 is 45.0 Å². The largest absolute Gasteiger partial charge is 0.481 e. The number of piperidine rings is 7. The van der Waals surface area contributed by atoms with Crippen LogP contribution in [-0.2, 0) is 47.2 Å². The molecular formula is C101H146N14O5. The van der Waals surface area contributed by atoms with Gasteiger partial charge in [0.15, 0.2) is 0 Å². The Morgan fingerprint density at radius 3 is 1.13 bits per heavy atom. The van der Waals surface area contributed by atoms with Crippen molar-refractivity contribution in [2.75, 3.05) is 45.9 Å². The summed E-state index contributed by atoms with van der Waals surface area (Å²) < 4.78 is 16.2. The Balaban J connectivity index is 0.000000115. The first-order valence-electron chi connectivity index (χ1n) is 49.8. The third kappa shape index (κ3) is 18.0. The normalized spacial score (nSPS) is 35.4. The Kier molecular flexibility index (Phi) is 25.5. The number of aryl methyl sites for hydroxylation is 1. The van der Waals surface area contributed by atoms with E-state index >= 15 is 0 Å². The molecule has 6 unspecified atom stereocenters. The molecule has 2 N–H and O–H groups in total. The van der Waals surface area contributed by atoms with Gasteiger partial charge in [0.25, 0.3) is 0 Å². The highest BCUT2D eigenvalue weighted by atomic mass is 16.5. The maximum absolute atomic E-state index is 11.6. The number of rotatable bonds is 19. The number of morpholine rings is 1. The molecule has 0 radical (unpaired) electrons. The Hall–Kier alpha value is -6.06. The number of aromatic nitrogens is 8. The lowest BCUT2D eigenvalue weighted by molar-refractivity contribution is -0.139. The zero-order chi connectivity index (χ0) is 80.7. The fraction of sp³-hybridized carbons (Fsp3) is 0.743. The average molecular weight is 1640 g/mol. The number of benzene rings is 3. The Labute approximate surface area is 716 Å². The van der Waals surface area contributed by atoms with Crippen molar-refractivity contribution in [3.8, 4) is 0 Å².